The van der Waals surface area contributed by atoms with E-state index in [2.05, 4.69) is 24.1 Å². The Kier molecular flexibility index (Phi) is 9.59. The van der Waals surface area contributed by atoms with Crippen molar-refractivity contribution in [2.24, 2.45) is 0 Å². The Morgan fingerprint density at radius 1 is 0.944 bits per heavy atom. The summed E-state index contributed by atoms with van der Waals surface area (Å²) in [5.74, 6) is 0. The Bertz CT molecular complexity index is 182. The van der Waals surface area contributed by atoms with Crippen LogP contribution in [0.15, 0.2) is 0 Å². The topological polar surface area (TPSA) is 15.3 Å². The predicted molar refractivity (Wildman–Crippen MR) is 81.1 cm³/mol. The molecule has 1 atom stereocenters. The summed E-state index contributed by atoms with van der Waals surface area (Å²) in [6.07, 6.45) is 12.7. The summed E-state index contributed by atoms with van der Waals surface area (Å²) in [6.45, 7) is 9.62. The third kappa shape index (κ3) is 7.38. The van der Waals surface area contributed by atoms with Gasteiger partial charge in [0.05, 0.1) is 0 Å². The fourth-order valence-electron chi connectivity index (χ4n) is 2.84. The smallest absolute Gasteiger partial charge is 0.0192 e. The minimum Gasteiger partial charge on any atom is -0.311 e. The Morgan fingerprint density at radius 2 is 1.61 bits per heavy atom. The molecule has 1 saturated heterocycles. The molecular weight excluding hydrogens is 220 g/mol. The van der Waals surface area contributed by atoms with Crippen LogP contribution in [-0.4, -0.2) is 37.1 Å². The van der Waals surface area contributed by atoms with Gasteiger partial charge in [0.25, 0.3) is 0 Å². The molecule has 2 nitrogen and oxygen atoms in total. The van der Waals surface area contributed by atoms with E-state index in [4.69, 9.17) is 0 Å². The lowest BCUT2D eigenvalue weighted by Gasteiger charge is -2.33. The third-order valence-corrected chi connectivity index (χ3v) is 4.16. The van der Waals surface area contributed by atoms with Gasteiger partial charge in [0.15, 0.2) is 0 Å². The van der Waals surface area contributed by atoms with Crippen LogP contribution in [0, 0.1) is 0 Å². The van der Waals surface area contributed by atoms with E-state index in [0.717, 1.165) is 6.04 Å². The van der Waals surface area contributed by atoms with Gasteiger partial charge in [0.2, 0.25) is 0 Å². The molecule has 1 N–H and O–H groups in total. The van der Waals surface area contributed by atoms with E-state index >= 15 is 0 Å². The van der Waals surface area contributed by atoms with E-state index in [0.29, 0.717) is 0 Å². The molecule has 0 aromatic carbocycles. The molecule has 1 aliphatic heterocycles. The highest BCUT2D eigenvalue weighted by molar-refractivity contribution is 4.77. The van der Waals surface area contributed by atoms with Crippen LogP contribution in [-0.2, 0) is 0 Å². The van der Waals surface area contributed by atoms with E-state index in [1.165, 1.54) is 84.0 Å². The molecule has 0 amide bonds. The van der Waals surface area contributed by atoms with E-state index in [1.54, 1.807) is 0 Å². The molecule has 1 aliphatic rings. The van der Waals surface area contributed by atoms with Crippen LogP contribution in [0.2, 0.25) is 0 Å². The largest absolute Gasteiger partial charge is 0.311 e. The van der Waals surface area contributed by atoms with Crippen molar-refractivity contribution in [2.75, 3.05) is 26.2 Å². The van der Waals surface area contributed by atoms with Crippen molar-refractivity contribution in [1.29, 1.82) is 0 Å². The van der Waals surface area contributed by atoms with Crippen molar-refractivity contribution in [1.82, 2.24) is 10.2 Å². The molecule has 0 bridgehead atoms. The van der Waals surface area contributed by atoms with Gasteiger partial charge < -0.3 is 10.2 Å². The molecule has 2 heteroatoms. The average molecular weight is 254 g/mol. The Hall–Kier alpha value is -0.0800. The first-order valence-electron chi connectivity index (χ1n) is 8.32. The monoisotopic (exact) mass is 254 g/mol. The Balaban J connectivity index is 1.88. The molecule has 1 rings (SSSR count). The zero-order valence-corrected chi connectivity index (χ0v) is 12.7. The van der Waals surface area contributed by atoms with Gasteiger partial charge in [0, 0.05) is 25.7 Å². The normalized spacial score (nSPS) is 21.3. The zero-order chi connectivity index (χ0) is 13.1. The molecule has 1 heterocycles. The molecule has 0 aromatic rings. The van der Waals surface area contributed by atoms with Crippen LogP contribution in [0.3, 0.4) is 0 Å². The molecule has 0 saturated carbocycles. The quantitative estimate of drug-likeness (QED) is 0.596. The lowest BCUT2D eigenvalue weighted by Crippen LogP contribution is -2.50. The van der Waals surface area contributed by atoms with Crippen LogP contribution >= 0.6 is 0 Å². The van der Waals surface area contributed by atoms with Crippen LogP contribution in [0.4, 0.5) is 0 Å². The van der Waals surface area contributed by atoms with Crippen LogP contribution in [0.1, 0.15) is 71.6 Å². The predicted octanol–water partition coefficient (Wildman–Crippen LogP) is 3.81. The molecular formula is C16H34N2. The molecule has 1 unspecified atom stereocenters. The first-order chi connectivity index (χ1) is 8.86. The molecule has 18 heavy (non-hydrogen) atoms. The number of hydrogen-bond donors (Lipinski definition) is 1. The maximum Gasteiger partial charge on any atom is 0.0192 e. The van der Waals surface area contributed by atoms with Crippen molar-refractivity contribution >= 4 is 0 Å². The summed E-state index contributed by atoms with van der Waals surface area (Å²) < 4.78 is 0. The van der Waals surface area contributed by atoms with Gasteiger partial charge in [-0.3, -0.25) is 0 Å². The molecule has 0 spiro atoms. The van der Waals surface area contributed by atoms with Gasteiger partial charge in [-0.05, 0) is 19.4 Å². The second-order valence-corrected chi connectivity index (χ2v) is 5.83. The van der Waals surface area contributed by atoms with Gasteiger partial charge in [0.1, 0.15) is 0 Å². The van der Waals surface area contributed by atoms with Crippen molar-refractivity contribution in [3.8, 4) is 0 Å². The maximum absolute atomic E-state index is 3.59. The molecule has 1 fully saturated rings. The molecule has 0 aliphatic carbocycles. The summed E-state index contributed by atoms with van der Waals surface area (Å²) in [4.78, 5) is 2.65. The minimum absolute atomic E-state index is 0.743. The second-order valence-electron chi connectivity index (χ2n) is 5.83. The highest BCUT2D eigenvalue weighted by Gasteiger charge is 2.16. The number of hydrogen-bond acceptors (Lipinski definition) is 2. The van der Waals surface area contributed by atoms with Gasteiger partial charge in [-0.25, -0.2) is 0 Å². The number of nitrogens with zero attached hydrogens (tertiary/aromatic N) is 1. The van der Waals surface area contributed by atoms with Gasteiger partial charge >= 0.3 is 0 Å². The summed E-state index contributed by atoms with van der Waals surface area (Å²) in [7, 11) is 0. The van der Waals surface area contributed by atoms with Gasteiger partial charge in [-0.2, -0.15) is 0 Å². The second kappa shape index (κ2) is 10.8. The minimum atomic E-state index is 0.743. The van der Waals surface area contributed by atoms with Crippen molar-refractivity contribution in [3.63, 3.8) is 0 Å². The van der Waals surface area contributed by atoms with E-state index in [-0.39, 0.29) is 0 Å². The number of unbranched alkanes of at least 4 members (excludes halogenated alkanes) is 7. The van der Waals surface area contributed by atoms with E-state index in [9.17, 15) is 0 Å². The van der Waals surface area contributed by atoms with Crippen molar-refractivity contribution < 1.29 is 0 Å². The standard InChI is InChI=1S/C16H34N2/c1-3-5-6-7-8-9-10-11-13-18-14-12-17-16(4-2)15-18/h16-17H,3-15H2,1-2H3. The summed E-state index contributed by atoms with van der Waals surface area (Å²) in [5.41, 5.74) is 0. The summed E-state index contributed by atoms with van der Waals surface area (Å²) >= 11 is 0. The highest BCUT2D eigenvalue weighted by Crippen LogP contribution is 2.10. The van der Waals surface area contributed by atoms with Gasteiger partial charge in [-0.15, -0.1) is 0 Å². The third-order valence-electron chi connectivity index (χ3n) is 4.16. The lowest BCUT2D eigenvalue weighted by atomic mass is 10.1. The molecule has 0 radical (unpaired) electrons. The van der Waals surface area contributed by atoms with Crippen molar-refractivity contribution in [3.05, 3.63) is 0 Å². The van der Waals surface area contributed by atoms with E-state index < -0.39 is 0 Å². The van der Waals surface area contributed by atoms with Crippen molar-refractivity contribution in [2.45, 2.75) is 77.7 Å². The fraction of sp³-hybridized carbons (Fsp3) is 1.00. The first-order valence-corrected chi connectivity index (χ1v) is 8.32. The summed E-state index contributed by atoms with van der Waals surface area (Å²) in [5, 5.41) is 3.59. The lowest BCUT2D eigenvalue weighted by molar-refractivity contribution is 0.193. The Morgan fingerprint density at radius 3 is 2.28 bits per heavy atom. The Labute approximate surface area is 115 Å². The average Bonchev–Trinajstić information content (AvgIpc) is 2.42. The summed E-state index contributed by atoms with van der Waals surface area (Å²) in [6, 6.07) is 0.743. The van der Waals surface area contributed by atoms with Crippen LogP contribution < -0.4 is 5.32 Å². The van der Waals surface area contributed by atoms with E-state index in [1.807, 2.05) is 0 Å². The number of nitrogens with one attached hydrogen (secondary N) is 1. The van der Waals surface area contributed by atoms with Gasteiger partial charge in [-0.1, -0.05) is 58.8 Å². The van der Waals surface area contributed by atoms with Crippen LogP contribution in [0.25, 0.3) is 0 Å². The SMILES string of the molecule is CCCCCCCCCCN1CCNC(CC)C1. The molecule has 108 valence electrons. The maximum atomic E-state index is 3.59. The zero-order valence-electron chi connectivity index (χ0n) is 12.7. The highest BCUT2D eigenvalue weighted by atomic mass is 15.2. The fourth-order valence-corrected chi connectivity index (χ4v) is 2.84. The van der Waals surface area contributed by atoms with Crippen LogP contribution in [0.5, 0.6) is 0 Å². The number of rotatable bonds is 10. The molecule has 0 aromatic heterocycles. The number of piperazine rings is 1. The first kappa shape index (κ1) is 16.0.